The van der Waals surface area contributed by atoms with E-state index in [1.165, 1.54) is 0 Å². The van der Waals surface area contributed by atoms with Crippen molar-refractivity contribution in [3.05, 3.63) is 11.3 Å². The van der Waals surface area contributed by atoms with Crippen molar-refractivity contribution in [1.29, 1.82) is 0 Å². The van der Waals surface area contributed by atoms with Gasteiger partial charge in [-0.2, -0.15) is 0 Å². The first kappa shape index (κ1) is 9.10. The minimum absolute atomic E-state index is 0.0729. The van der Waals surface area contributed by atoms with Gasteiger partial charge in [-0.3, -0.25) is 0 Å². The minimum atomic E-state index is -0.573. The van der Waals surface area contributed by atoms with Crippen LogP contribution in [0.3, 0.4) is 0 Å². The van der Waals surface area contributed by atoms with E-state index in [-0.39, 0.29) is 6.10 Å². The Bertz CT molecular complexity index is 218. The molecule has 1 aliphatic rings. The van der Waals surface area contributed by atoms with E-state index in [2.05, 4.69) is 6.92 Å². The van der Waals surface area contributed by atoms with E-state index in [1.54, 1.807) is 6.92 Å². The lowest BCUT2D eigenvalue weighted by Gasteiger charge is -2.24. The molecule has 0 spiro atoms. The molecule has 0 saturated carbocycles. The number of cyclic esters (lactones) is 2. The van der Waals surface area contributed by atoms with Crippen LogP contribution < -0.4 is 0 Å². The van der Waals surface area contributed by atoms with Gasteiger partial charge in [0.05, 0.1) is 0 Å². The molecule has 0 aromatic carbocycles. The summed E-state index contributed by atoms with van der Waals surface area (Å²) in [7, 11) is 0. The topological polar surface area (TPSA) is 35.5 Å². The van der Waals surface area contributed by atoms with E-state index >= 15 is 0 Å². The molecule has 3 nitrogen and oxygen atoms in total. The predicted molar refractivity (Wildman–Crippen MR) is 44.6 cm³/mol. The Labute approximate surface area is 72.4 Å². The van der Waals surface area contributed by atoms with Gasteiger partial charge < -0.3 is 9.47 Å². The quantitative estimate of drug-likeness (QED) is 0.597. The Hall–Kier alpha value is -0.990. The minimum Gasteiger partial charge on any atom is -0.426 e. The maximum absolute atomic E-state index is 10.8. The molecule has 0 bridgehead atoms. The van der Waals surface area contributed by atoms with Crippen LogP contribution in [0.2, 0.25) is 0 Å². The number of hydrogen-bond acceptors (Lipinski definition) is 3. The Morgan fingerprint density at radius 1 is 1.42 bits per heavy atom. The first-order valence-electron chi connectivity index (χ1n) is 4.21. The number of carbonyl (C=O) groups is 1. The van der Waals surface area contributed by atoms with Crippen LogP contribution in [0.1, 0.15) is 33.6 Å². The molecule has 0 fully saturated rings. The highest BCUT2D eigenvalue weighted by molar-refractivity contribution is 5.63. The summed E-state index contributed by atoms with van der Waals surface area (Å²) >= 11 is 0. The van der Waals surface area contributed by atoms with Crippen molar-refractivity contribution < 1.29 is 14.3 Å². The van der Waals surface area contributed by atoms with Gasteiger partial charge in [0.15, 0.2) is 0 Å². The predicted octanol–water partition coefficient (Wildman–Crippen LogP) is 2.62. The van der Waals surface area contributed by atoms with Crippen molar-refractivity contribution in [3.63, 3.8) is 0 Å². The highest BCUT2D eigenvalue weighted by Crippen LogP contribution is 2.22. The maximum atomic E-state index is 10.8. The second kappa shape index (κ2) is 3.61. The summed E-state index contributed by atoms with van der Waals surface area (Å²) in [5, 5.41) is 0. The van der Waals surface area contributed by atoms with Crippen LogP contribution >= 0.6 is 0 Å². The average Bonchev–Trinajstić information content (AvgIpc) is 2.00. The molecule has 1 unspecified atom stereocenters. The van der Waals surface area contributed by atoms with Gasteiger partial charge in [-0.25, -0.2) is 4.79 Å². The van der Waals surface area contributed by atoms with Crippen LogP contribution in [0, 0.1) is 0 Å². The first-order chi connectivity index (χ1) is 5.65. The fourth-order valence-electron chi connectivity index (χ4n) is 1.20. The second-order valence-corrected chi connectivity index (χ2v) is 2.99. The lowest BCUT2D eigenvalue weighted by atomic mass is 10.1. The summed E-state index contributed by atoms with van der Waals surface area (Å²) in [6.45, 7) is 5.78. The molecule has 0 radical (unpaired) electrons. The molecular weight excluding hydrogens is 156 g/mol. The molecule has 0 N–H and O–H groups in total. The lowest BCUT2D eigenvalue weighted by molar-refractivity contribution is 0.0305. The molecule has 3 heteroatoms. The molecule has 0 aliphatic carbocycles. The van der Waals surface area contributed by atoms with Gasteiger partial charge in [0.2, 0.25) is 0 Å². The van der Waals surface area contributed by atoms with Crippen LogP contribution in [0.25, 0.3) is 0 Å². The molecule has 12 heavy (non-hydrogen) atoms. The Morgan fingerprint density at radius 2 is 2.08 bits per heavy atom. The Balaban J connectivity index is 2.73. The SMILES string of the molecule is CCCC1OC(=O)OC(C)=C1C. The Kier molecular flexibility index (Phi) is 2.74. The molecule has 1 aliphatic heterocycles. The third-order valence-electron chi connectivity index (χ3n) is 2.06. The molecular formula is C9H14O3. The number of hydrogen-bond donors (Lipinski definition) is 0. The summed E-state index contributed by atoms with van der Waals surface area (Å²) in [4.78, 5) is 10.8. The van der Waals surface area contributed by atoms with Crippen LogP contribution in [0.15, 0.2) is 11.3 Å². The van der Waals surface area contributed by atoms with Crippen LogP contribution in [0.5, 0.6) is 0 Å². The van der Waals surface area contributed by atoms with E-state index < -0.39 is 6.16 Å². The van der Waals surface area contributed by atoms with Crippen molar-refractivity contribution in [2.45, 2.75) is 39.7 Å². The van der Waals surface area contributed by atoms with Crippen molar-refractivity contribution >= 4 is 6.16 Å². The van der Waals surface area contributed by atoms with Crippen molar-refractivity contribution in [1.82, 2.24) is 0 Å². The van der Waals surface area contributed by atoms with Gasteiger partial charge >= 0.3 is 6.16 Å². The van der Waals surface area contributed by atoms with Crippen molar-refractivity contribution in [2.75, 3.05) is 0 Å². The summed E-state index contributed by atoms with van der Waals surface area (Å²) in [6, 6.07) is 0. The zero-order chi connectivity index (χ0) is 9.14. The molecule has 0 aromatic rings. The monoisotopic (exact) mass is 170 g/mol. The zero-order valence-corrected chi connectivity index (χ0v) is 7.72. The molecule has 68 valence electrons. The molecule has 0 aromatic heterocycles. The normalized spacial score (nSPS) is 23.6. The van der Waals surface area contributed by atoms with E-state index in [0.717, 1.165) is 18.4 Å². The van der Waals surface area contributed by atoms with E-state index in [4.69, 9.17) is 9.47 Å². The fraction of sp³-hybridized carbons (Fsp3) is 0.667. The summed E-state index contributed by atoms with van der Waals surface area (Å²) in [6.07, 6.45) is 1.23. The summed E-state index contributed by atoms with van der Waals surface area (Å²) in [5.41, 5.74) is 1.02. The third-order valence-corrected chi connectivity index (χ3v) is 2.06. The Morgan fingerprint density at radius 3 is 2.67 bits per heavy atom. The molecule has 1 atom stereocenters. The summed E-state index contributed by atoms with van der Waals surface area (Å²) in [5.74, 6) is 0.685. The van der Waals surface area contributed by atoms with Crippen LogP contribution in [-0.4, -0.2) is 12.3 Å². The van der Waals surface area contributed by atoms with Crippen LogP contribution in [-0.2, 0) is 9.47 Å². The number of ether oxygens (including phenoxy) is 2. The standard InChI is InChI=1S/C9H14O3/c1-4-5-8-6(2)7(3)11-9(10)12-8/h8H,4-5H2,1-3H3. The van der Waals surface area contributed by atoms with Crippen molar-refractivity contribution in [3.8, 4) is 0 Å². The second-order valence-electron chi connectivity index (χ2n) is 2.99. The highest BCUT2D eigenvalue weighted by atomic mass is 16.7. The molecule has 1 heterocycles. The van der Waals surface area contributed by atoms with E-state index in [1.807, 2.05) is 6.92 Å². The van der Waals surface area contributed by atoms with Crippen LogP contribution in [0.4, 0.5) is 4.79 Å². The van der Waals surface area contributed by atoms with Gasteiger partial charge in [-0.1, -0.05) is 13.3 Å². The number of carbonyl (C=O) groups excluding carboxylic acids is 1. The molecule has 0 amide bonds. The smallest absolute Gasteiger partial charge is 0.426 e. The maximum Gasteiger partial charge on any atom is 0.514 e. The highest BCUT2D eigenvalue weighted by Gasteiger charge is 2.24. The van der Waals surface area contributed by atoms with Gasteiger partial charge in [-0.15, -0.1) is 0 Å². The number of rotatable bonds is 2. The first-order valence-corrected chi connectivity index (χ1v) is 4.21. The van der Waals surface area contributed by atoms with Gasteiger partial charge in [0.25, 0.3) is 0 Å². The zero-order valence-electron chi connectivity index (χ0n) is 7.72. The molecule has 1 rings (SSSR count). The van der Waals surface area contributed by atoms with E-state index in [0.29, 0.717) is 5.76 Å². The largest absolute Gasteiger partial charge is 0.514 e. The summed E-state index contributed by atoms with van der Waals surface area (Å²) < 4.78 is 9.78. The lowest BCUT2D eigenvalue weighted by Crippen LogP contribution is -2.26. The van der Waals surface area contributed by atoms with Gasteiger partial charge in [0.1, 0.15) is 11.9 Å². The van der Waals surface area contributed by atoms with Gasteiger partial charge in [0, 0.05) is 5.57 Å². The third kappa shape index (κ3) is 1.78. The van der Waals surface area contributed by atoms with Gasteiger partial charge in [-0.05, 0) is 20.3 Å². The average molecular weight is 170 g/mol. The van der Waals surface area contributed by atoms with Crippen molar-refractivity contribution in [2.24, 2.45) is 0 Å². The van der Waals surface area contributed by atoms with E-state index in [9.17, 15) is 4.79 Å². The number of allylic oxidation sites excluding steroid dienone is 1. The fourth-order valence-corrected chi connectivity index (χ4v) is 1.20. The molecule has 0 saturated heterocycles.